The maximum atomic E-state index is 11.5. The van der Waals surface area contributed by atoms with Crippen LogP contribution in [0, 0.1) is 20.2 Å². The number of amides is 2. The maximum absolute atomic E-state index is 11.5. The fourth-order valence-electron chi connectivity index (χ4n) is 1.36. The maximum Gasteiger partial charge on any atom is 0.335 e. The van der Waals surface area contributed by atoms with Gasteiger partial charge in [0.2, 0.25) is 0 Å². The third-order valence-corrected chi connectivity index (χ3v) is 2.40. The Labute approximate surface area is 113 Å². The highest BCUT2D eigenvalue weighted by atomic mass is 16.6. The molecule has 0 unspecified atom stereocenters. The molecule has 0 saturated carbocycles. The zero-order valence-corrected chi connectivity index (χ0v) is 11.1. The Bertz CT molecular complexity index is 559. The topological polar surface area (TPSA) is 122 Å². The summed E-state index contributed by atoms with van der Waals surface area (Å²) in [6.07, 6.45) is 0. The van der Waals surface area contributed by atoms with Crippen molar-refractivity contribution in [1.82, 2.24) is 10.3 Å². The second-order valence-electron chi connectivity index (χ2n) is 4.06. The molecule has 0 aliphatic heterocycles. The normalized spacial score (nSPS) is 9.75. The van der Waals surface area contributed by atoms with Gasteiger partial charge in [-0.3, -0.25) is 25.2 Å². The SMILES string of the molecule is CN(C)C(=O)NN(C)c1ccc([N+](=O)[O-])cc1[N+](=O)[O-]. The summed E-state index contributed by atoms with van der Waals surface area (Å²) in [5.74, 6) is 0. The summed E-state index contributed by atoms with van der Waals surface area (Å²) in [5, 5.41) is 22.7. The number of hydrogen-bond acceptors (Lipinski definition) is 6. The highest BCUT2D eigenvalue weighted by Gasteiger charge is 2.22. The first-order valence-corrected chi connectivity index (χ1v) is 5.38. The molecule has 0 aliphatic carbocycles. The molecule has 0 atom stereocenters. The van der Waals surface area contributed by atoms with Crippen LogP contribution in [-0.4, -0.2) is 41.9 Å². The number of hydrazine groups is 1. The van der Waals surface area contributed by atoms with Crippen molar-refractivity contribution in [1.29, 1.82) is 0 Å². The summed E-state index contributed by atoms with van der Waals surface area (Å²) in [6, 6.07) is 2.68. The molecule has 0 heterocycles. The fourth-order valence-corrected chi connectivity index (χ4v) is 1.36. The zero-order chi connectivity index (χ0) is 15.4. The van der Waals surface area contributed by atoms with Gasteiger partial charge in [0.1, 0.15) is 5.69 Å². The van der Waals surface area contributed by atoms with Crippen LogP contribution in [0.4, 0.5) is 21.9 Å². The lowest BCUT2D eigenvalue weighted by Gasteiger charge is -2.22. The molecule has 1 N–H and O–H groups in total. The first-order chi connectivity index (χ1) is 9.23. The van der Waals surface area contributed by atoms with Crippen LogP contribution in [-0.2, 0) is 0 Å². The molecule has 0 bridgehead atoms. The number of nitrogens with one attached hydrogen (secondary N) is 1. The molecule has 108 valence electrons. The van der Waals surface area contributed by atoms with Gasteiger partial charge in [0.25, 0.3) is 5.69 Å². The minimum Gasteiger partial charge on any atom is -0.330 e. The summed E-state index contributed by atoms with van der Waals surface area (Å²) >= 11 is 0. The number of hydrogen-bond donors (Lipinski definition) is 1. The van der Waals surface area contributed by atoms with E-state index in [0.29, 0.717) is 0 Å². The Balaban J connectivity index is 3.14. The largest absolute Gasteiger partial charge is 0.335 e. The number of carbonyl (C=O) groups is 1. The molecule has 10 heteroatoms. The smallest absolute Gasteiger partial charge is 0.330 e. The summed E-state index contributed by atoms with van der Waals surface area (Å²) < 4.78 is 0. The van der Waals surface area contributed by atoms with Gasteiger partial charge in [0, 0.05) is 27.2 Å². The molecule has 0 saturated heterocycles. The van der Waals surface area contributed by atoms with Gasteiger partial charge in [0.05, 0.1) is 15.9 Å². The number of urea groups is 1. The molecule has 0 fully saturated rings. The third-order valence-electron chi connectivity index (χ3n) is 2.40. The summed E-state index contributed by atoms with van der Waals surface area (Å²) in [5.41, 5.74) is 1.56. The van der Waals surface area contributed by atoms with Crippen LogP contribution in [0.2, 0.25) is 0 Å². The van der Waals surface area contributed by atoms with Crippen molar-refractivity contribution in [2.24, 2.45) is 0 Å². The highest BCUT2D eigenvalue weighted by Crippen LogP contribution is 2.30. The standard InChI is InChI=1S/C10H13N5O5/c1-12(2)10(16)11-13(3)8-5-4-7(14(17)18)6-9(8)15(19)20/h4-6H,1-3H3,(H,11,16). The van der Waals surface area contributed by atoms with E-state index in [1.807, 2.05) is 0 Å². The Morgan fingerprint density at radius 2 is 1.75 bits per heavy atom. The Morgan fingerprint density at radius 1 is 1.15 bits per heavy atom. The Hall–Kier alpha value is -2.91. The molecule has 1 aromatic carbocycles. The predicted octanol–water partition coefficient (Wildman–Crippen LogP) is 1.13. The number of anilines is 1. The van der Waals surface area contributed by atoms with E-state index in [1.54, 1.807) is 0 Å². The van der Waals surface area contributed by atoms with Gasteiger partial charge in [0.15, 0.2) is 0 Å². The average molecular weight is 283 g/mol. The van der Waals surface area contributed by atoms with Crippen molar-refractivity contribution in [3.63, 3.8) is 0 Å². The van der Waals surface area contributed by atoms with Crippen molar-refractivity contribution in [3.05, 3.63) is 38.4 Å². The summed E-state index contributed by atoms with van der Waals surface area (Å²) in [4.78, 5) is 32.8. The van der Waals surface area contributed by atoms with Crippen molar-refractivity contribution >= 4 is 23.1 Å². The molecule has 0 aromatic heterocycles. The second kappa shape index (κ2) is 5.82. The van der Waals surface area contributed by atoms with Gasteiger partial charge in [-0.1, -0.05) is 0 Å². The highest BCUT2D eigenvalue weighted by molar-refractivity contribution is 5.77. The van der Waals surface area contributed by atoms with Crippen molar-refractivity contribution in [2.45, 2.75) is 0 Å². The molecule has 0 aliphatic rings. The van der Waals surface area contributed by atoms with Crippen LogP contribution in [0.3, 0.4) is 0 Å². The molecule has 0 radical (unpaired) electrons. The molecule has 10 nitrogen and oxygen atoms in total. The first-order valence-electron chi connectivity index (χ1n) is 5.38. The molecular formula is C10H13N5O5. The van der Waals surface area contributed by atoms with Crippen molar-refractivity contribution in [3.8, 4) is 0 Å². The minimum absolute atomic E-state index is 0.0378. The number of benzene rings is 1. The molecule has 20 heavy (non-hydrogen) atoms. The second-order valence-corrected chi connectivity index (χ2v) is 4.06. The first kappa shape index (κ1) is 15.1. The molecule has 1 rings (SSSR count). The van der Waals surface area contributed by atoms with Crippen LogP contribution in [0.5, 0.6) is 0 Å². The number of non-ortho nitro benzene ring substituents is 1. The van der Waals surface area contributed by atoms with Gasteiger partial charge >= 0.3 is 11.7 Å². The number of carbonyl (C=O) groups excluding carboxylic acids is 1. The average Bonchev–Trinajstić information content (AvgIpc) is 2.37. The monoisotopic (exact) mass is 283 g/mol. The zero-order valence-electron chi connectivity index (χ0n) is 11.1. The van der Waals surface area contributed by atoms with Gasteiger partial charge in [-0.05, 0) is 6.07 Å². The number of nitro groups is 2. The number of rotatable bonds is 4. The van der Waals surface area contributed by atoms with E-state index in [9.17, 15) is 25.0 Å². The lowest BCUT2D eigenvalue weighted by molar-refractivity contribution is -0.393. The summed E-state index contributed by atoms with van der Waals surface area (Å²) in [6.45, 7) is 0. The van der Waals surface area contributed by atoms with E-state index >= 15 is 0 Å². The van der Waals surface area contributed by atoms with E-state index in [2.05, 4.69) is 5.43 Å². The van der Waals surface area contributed by atoms with Crippen LogP contribution < -0.4 is 10.4 Å². The lowest BCUT2D eigenvalue weighted by atomic mass is 10.2. The number of nitro benzene ring substituents is 2. The van der Waals surface area contributed by atoms with E-state index < -0.39 is 27.3 Å². The van der Waals surface area contributed by atoms with Crippen LogP contribution in [0.25, 0.3) is 0 Å². The Kier molecular flexibility index (Phi) is 4.41. The fraction of sp³-hybridized carbons (Fsp3) is 0.300. The van der Waals surface area contributed by atoms with Gasteiger partial charge < -0.3 is 4.90 Å². The predicted molar refractivity (Wildman–Crippen MR) is 70.4 cm³/mol. The lowest BCUT2D eigenvalue weighted by Crippen LogP contribution is -2.45. The molecule has 2 amide bonds. The van der Waals surface area contributed by atoms with Gasteiger partial charge in [-0.2, -0.15) is 0 Å². The van der Waals surface area contributed by atoms with E-state index in [1.165, 1.54) is 32.1 Å². The van der Waals surface area contributed by atoms with Crippen LogP contribution in [0.1, 0.15) is 0 Å². The minimum atomic E-state index is -0.749. The quantitative estimate of drug-likeness (QED) is 0.652. The molecule has 0 spiro atoms. The molecular weight excluding hydrogens is 270 g/mol. The van der Waals surface area contributed by atoms with Gasteiger partial charge in [-0.15, -0.1) is 0 Å². The van der Waals surface area contributed by atoms with Crippen molar-refractivity contribution in [2.75, 3.05) is 26.2 Å². The Morgan fingerprint density at radius 3 is 2.20 bits per heavy atom. The van der Waals surface area contributed by atoms with Crippen LogP contribution in [0.15, 0.2) is 18.2 Å². The number of nitrogens with zero attached hydrogens (tertiary/aromatic N) is 4. The molecule has 1 aromatic rings. The van der Waals surface area contributed by atoms with E-state index in [-0.39, 0.29) is 5.69 Å². The van der Waals surface area contributed by atoms with E-state index in [0.717, 1.165) is 17.1 Å². The van der Waals surface area contributed by atoms with Crippen molar-refractivity contribution < 1.29 is 14.6 Å². The van der Waals surface area contributed by atoms with Crippen LogP contribution >= 0.6 is 0 Å². The summed E-state index contributed by atoms with van der Waals surface area (Å²) in [7, 11) is 4.41. The third kappa shape index (κ3) is 3.31. The van der Waals surface area contributed by atoms with Gasteiger partial charge in [-0.25, -0.2) is 10.2 Å². The van der Waals surface area contributed by atoms with E-state index in [4.69, 9.17) is 0 Å².